The van der Waals surface area contributed by atoms with E-state index in [2.05, 4.69) is 17.0 Å². The van der Waals surface area contributed by atoms with Gasteiger partial charge in [0.25, 0.3) is 0 Å². The molecule has 1 aliphatic heterocycles. The lowest BCUT2D eigenvalue weighted by Gasteiger charge is -2.35. The molecule has 17 heavy (non-hydrogen) atoms. The summed E-state index contributed by atoms with van der Waals surface area (Å²) in [6.07, 6.45) is 1.97. The van der Waals surface area contributed by atoms with Crippen LogP contribution in [0.15, 0.2) is 18.2 Å². The maximum atomic E-state index is 9.58. The average molecular weight is 234 g/mol. The van der Waals surface area contributed by atoms with Gasteiger partial charge >= 0.3 is 0 Å². The van der Waals surface area contributed by atoms with Gasteiger partial charge in [-0.3, -0.25) is 0 Å². The minimum Gasteiger partial charge on any atom is -0.399 e. The Hall–Kier alpha value is -1.22. The number of hydrogen-bond acceptors (Lipinski definition) is 3. The van der Waals surface area contributed by atoms with Crippen LogP contribution in [0.2, 0.25) is 0 Å². The molecule has 1 atom stereocenters. The summed E-state index contributed by atoms with van der Waals surface area (Å²) in [5.41, 5.74) is 9.07. The number of nitrogen functional groups attached to an aromatic ring is 1. The summed E-state index contributed by atoms with van der Waals surface area (Å²) in [6.45, 7) is 5.99. The molecule has 0 radical (unpaired) electrons. The van der Waals surface area contributed by atoms with Gasteiger partial charge in [0.2, 0.25) is 0 Å². The molecule has 1 aromatic carbocycles. The topological polar surface area (TPSA) is 49.5 Å². The summed E-state index contributed by atoms with van der Waals surface area (Å²) in [7, 11) is 0. The van der Waals surface area contributed by atoms with Crippen LogP contribution in [0.1, 0.15) is 25.3 Å². The normalized spacial score (nSPS) is 19.4. The minimum absolute atomic E-state index is 0.176. The Morgan fingerprint density at radius 1 is 1.35 bits per heavy atom. The first-order valence-electron chi connectivity index (χ1n) is 6.37. The van der Waals surface area contributed by atoms with Crippen LogP contribution in [-0.4, -0.2) is 24.3 Å². The van der Waals surface area contributed by atoms with Gasteiger partial charge in [0.05, 0.1) is 6.10 Å². The first-order valence-corrected chi connectivity index (χ1v) is 6.37. The fourth-order valence-corrected chi connectivity index (χ4v) is 2.50. The summed E-state index contributed by atoms with van der Waals surface area (Å²) < 4.78 is 0. The van der Waals surface area contributed by atoms with E-state index in [4.69, 9.17) is 5.73 Å². The van der Waals surface area contributed by atoms with Crippen molar-refractivity contribution in [3.8, 4) is 0 Å². The van der Waals surface area contributed by atoms with Gasteiger partial charge < -0.3 is 15.7 Å². The quantitative estimate of drug-likeness (QED) is 0.771. The van der Waals surface area contributed by atoms with Crippen molar-refractivity contribution >= 4 is 11.4 Å². The third-order valence-corrected chi connectivity index (χ3v) is 3.84. The van der Waals surface area contributed by atoms with Gasteiger partial charge in [-0.25, -0.2) is 0 Å². The van der Waals surface area contributed by atoms with Crippen molar-refractivity contribution in [3.63, 3.8) is 0 Å². The maximum Gasteiger partial charge on any atom is 0.0541 e. The van der Waals surface area contributed by atoms with Crippen molar-refractivity contribution < 1.29 is 5.11 Å². The molecule has 1 aliphatic rings. The van der Waals surface area contributed by atoms with Crippen LogP contribution in [0.25, 0.3) is 0 Å². The molecule has 1 unspecified atom stereocenters. The Balaban J connectivity index is 2.03. The molecule has 0 amide bonds. The van der Waals surface area contributed by atoms with E-state index in [-0.39, 0.29) is 6.10 Å². The van der Waals surface area contributed by atoms with Crippen molar-refractivity contribution in [1.82, 2.24) is 0 Å². The number of aliphatic hydroxyl groups excluding tert-OH is 1. The number of piperidine rings is 1. The minimum atomic E-state index is -0.176. The molecule has 1 heterocycles. The van der Waals surface area contributed by atoms with Gasteiger partial charge in [-0.2, -0.15) is 0 Å². The van der Waals surface area contributed by atoms with E-state index >= 15 is 0 Å². The lowest BCUT2D eigenvalue weighted by molar-refractivity contribution is 0.110. The average Bonchev–Trinajstić information content (AvgIpc) is 2.33. The molecule has 1 saturated heterocycles. The Morgan fingerprint density at radius 2 is 2.00 bits per heavy atom. The molecule has 1 aromatic rings. The van der Waals surface area contributed by atoms with Gasteiger partial charge in [-0.05, 0) is 56.4 Å². The molecule has 94 valence electrons. The van der Waals surface area contributed by atoms with Gasteiger partial charge in [-0.15, -0.1) is 0 Å². The summed E-state index contributed by atoms with van der Waals surface area (Å²) in [5.74, 6) is 0.459. The van der Waals surface area contributed by atoms with E-state index < -0.39 is 0 Å². The highest BCUT2D eigenvalue weighted by Crippen LogP contribution is 2.27. The second-order valence-electron chi connectivity index (χ2n) is 5.11. The largest absolute Gasteiger partial charge is 0.399 e. The Morgan fingerprint density at radius 3 is 2.53 bits per heavy atom. The van der Waals surface area contributed by atoms with Crippen LogP contribution in [-0.2, 0) is 0 Å². The molecule has 3 heteroatoms. The zero-order chi connectivity index (χ0) is 12.4. The molecular weight excluding hydrogens is 212 g/mol. The molecule has 3 nitrogen and oxygen atoms in total. The van der Waals surface area contributed by atoms with Crippen LogP contribution in [0.4, 0.5) is 11.4 Å². The lowest BCUT2D eigenvalue weighted by Crippen LogP contribution is -2.37. The van der Waals surface area contributed by atoms with Crippen LogP contribution in [0, 0.1) is 12.8 Å². The standard InChI is InChI=1S/C14H22N2O/c1-10-9-13(3-4-14(10)15)16-7-5-12(6-8-16)11(2)17/h3-4,9,11-12,17H,5-8,15H2,1-2H3. The SMILES string of the molecule is Cc1cc(N2CCC(C(C)O)CC2)ccc1N. The zero-order valence-corrected chi connectivity index (χ0v) is 10.7. The Bertz CT molecular complexity index is 382. The third kappa shape index (κ3) is 2.72. The summed E-state index contributed by atoms with van der Waals surface area (Å²) in [4.78, 5) is 2.38. The molecule has 0 aliphatic carbocycles. The van der Waals surface area contributed by atoms with Crippen molar-refractivity contribution in [1.29, 1.82) is 0 Å². The van der Waals surface area contributed by atoms with Gasteiger partial charge in [0, 0.05) is 24.5 Å². The van der Waals surface area contributed by atoms with E-state index in [1.165, 1.54) is 5.69 Å². The van der Waals surface area contributed by atoms with E-state index in [9.17, 15) is 5.11 Å². The maximum absolute atomic E-state index is 9.58. The number of nitrogens with two attached hydrogens (primary N) is 1. The molecule has 0 bridgehead atoms. The van der Waals surface area contributed by atoms with Crippen LogP contribution >= 0.6 is 0 Å². The predicted molar refractivity (Wildman–Crippen MR) is 72.2 cm³/mol. The van der Waals surface area contributed by atoms with E-state index in [0.717, 1.165) is 37.2 Å². The van der Waals surface area contributed by atoms with Crippen molar-refractivity contribution in [3.05, 3.63) is 23.8 Å². The fraction of sp³-hybridized carbons (Fsp3) is 0.571. The number of aliphatic hydroxyl groups is 1. The smallest absolute Gasteiger partial charge is 0.0541 e. The second-order valence-corrected chi connectivity index (χ2v) is 5.11. The van der Waals surface area contributed by atoms with Gasteiger partial charge in [0.1, 0.15) is 0 Å². The summed E-state index contributed by atoms with van der Waals surface area (Å²) in [5, 5.41) is 9.58. The third-order valence-electron chi connectivity index (χ3n) is 3.84. The molecule has 0 aromatic heterocycles. The first kappa shape index (κ1) is 12.2. The van der Waals surface area contributed by atoms with Crippen molar-refractivity contribution in [2.24, 2.45) is 5.92 Å². The number of benzene rings is 1. The molecule has 3 N–H and O–H groups in total. The molecule has 0 spiro atoms. The molecule has 2 rings (SSSR count). The number of anilines is 2. The van der Waals surface area contributed by atoms with Crippen LogP contribution in [0.3, 0.4) is 0 Å². The number of hydrogen-bond donors (Lipinski definition) is 2. The molecule has 0 saturated carbocycles. The Labute approximate surface area is 103 Å². The van der Waals surface area contributed by atoms with E-state index in [1.54, 1.807) is 0 Å². The van der Waals surface area contributed by atoms with Crippen LogP contribution < -0.4 is 10.6 Å². The molecule has 1 fully saturated rings. The second kappa shape index (κ2) is 4.96. The van der Waals surface area contributed by atoms with Gasteiger partial charge in [-0.1, -0.05) is 0 Å². The number of nitrogens with zero attached hydrogens (tertiary/aromatic N) is 1. The number of aryl methyl sites for hydroxylation is 1. The van der Waals surface area contributed by atoms with Crippen LogP contribution in [0.5, 0.6) is 0 Å². The summed E-state index contributed by atoms with van der Waals surface area (Å²) in [6, 6.07) is 6.22. The predicted octanol–water partition coefficient (Wildman–Crippen LogP) is 2.17. The van der Waals surface area contributed by atoms with Crippen molar-refractivity contribution in [2.45, 2.75) is 32.8 Å². The highest BCUT2D eigenvalue weighted by Gasteiger charge is 2.22. The van der Waals surface area contributed by atoms with Gasteiger partial charge in [0.15, 0.2) is 0 Å². The summed E-state index contributed by atoms with van der Waals surface area (Å²) >= 11 is 0. The number of rotatable bonds is 2. The van der Waals surface area contributed by atoms with E-state index in [0.29, 0.717) is 5.92 Å². The molecular formula is C14H22N2O. The monoisotopic (exact) mass is 234 g/mol. The highest BCUT2D eigenvalue weighted by molar-refractivity contribution is 5.58. The fourth-order valence-electron chi connectivity index (χ4n) is 2.50. The van der Waals surface area contributed by atoms with E-state index in [1.807, 2.05) is 19.9 Å². The lowest BCUT2D eigenvalue weighted by atomic mass is 9.92. The van der Waals surface area contributed by atoms with Crippen molar-refractivity contribution in [2.75, 3.05) is 23.7 Å². The first-order chi connectivity index (χ1) is 8.08. The highest BCUT2D eigenvalue weighted by atomic mass is 16.3. The Kier molecular flexibility index (Phi) is 3.57. The zero-order valence-electron chi connectivity index (χ0n) is 10.7.